The van der Waals surface area contributed by atoms with Gasteiger partial charge in [0.05, 0.1) is 24.0 Å². The summed E-state index contributed by atoms with van der Waals surface area (Å²) in [7, 11) is 0. The Bertz CT molecular complexity index is 733. The summed E-state index contributed by atoms with van der Waals surface area (Å²) >= 11 is 0. The molecule has 0 spiro atoms. The van der Waals surface area contributed by atoms with E-state index in [-0.39, 0.29) is 12.3 Å². The van der Waals surface area contributed by atoms with Crippen molar-refractivity contribution in [2.24, 2.45) is 0 Å². The summed E-state index contributed by atoms with van der Waals surface area (Å²) in [6.07, 6.45) is 1.42. The van der Waals surface area contributed by atoms with E-state index in [2.05, 4.69) is 4.98 Å². The number of pyridine rings is 1. The van der Waals surface area contributed by atoms with Crippen LogP contribution in [0.15, 0.2) is 36.5 Å². The molecule has 2 heterocycles. The third-order valence-electron chi connectivity index (χ3n) is 2.97. The average Bonchev–Trinajstić information content (AvgIpc) is 2.75. The van der Waals surface area contributed by atoms with Crippen LogP contribution in [0.4, 0.5) is 0 Å². The second kappa shape index (κ2) is 4.28. The second-order valence-electron chi connectivity index (χ2n) is 4.15. The van der Waals surface area contributed by atoms with Crippen LogP contribution in [0.5, 0.6) is 0 Å². The van der Waals surface area contributed by atoms with Crippen molar-refractivity contribution in [3.05, 3.63) is 42.2 Å². The van der Waals surface area contributed by atoms with Crippen LogP contribution in [0, 0.1) is 0 Å². The smallest absolute Gasteiger partial charge is 0.358 e. The van der Waals surface area contributed by atoms with Crippen LogP contribution in [0.2, 0.25) is 0 Å². The van der Waals surface area contributed by atoms with Gasteiger partial charge in [0, 0.05) is 10.9 Å². The van der Waals surface area contributed by atoms with Crippen LogP contribution in [0.3, 0.4) is 0 Å². The summed E-state index contributed by atoms with van der Waals surface area (Å²) in [5.41, 5.74) is 2.38. The number of aromatic nitrogens is 2. The number of ether oxygens (including phenoxy) is 1. The highest BCUT2D eigenvalue weighted by atomic mass is 16.5. The number of carbonyl (C=O) groups excluding carboxylic acids is 1. The molecule has 5 nitrogen and oxygen atoms in total. The van der Waals surface area contributed by atoms with Gasteiger partial charge >= 0.3 is 5.97 Å². The summed E-state index contributed by atoms with van der Waals surface area (Å²) in [6.45, 7) is 1.98. The number of rotatable bonds is 2. The predicted molar refractivity (Wildman–Crippen MR) is 69.5 cm³/mol. The first-order valence-electron chi connectivity index (χ1n) is 5.98. The zero-order valence-corrected chi connectivity index (χ0v) is 10.3. The molecule has 3 rings (SSSR count). The molecule has 0 bridgehead atoms. The van der Waals surface area contributed by atoms with Gasteiger partial charge < -0.3 is 9.94 Å². The zero-order chi connectivity index (χ0) is 13.4. The van der Waals surface area contributed by atoms with Gasteiger partial charge in [0.1, 0.15) is 0 Å². The predicted octanol–water partition coefficient (Wildman–Crippen LogP) is 2.56. The molecule has 1 aromatic carbocycles. The topological polar surface area (TPSA) is 64.3 Å². The molecule has 19 heavy (non-hydrogen) atoms. The number of esters is 1. The second-order valence-corrected chi connectivity index (χ2v) is 4.15. The van der Waals surface area contributed by atoms with Crippen LogP contribution in [0.25, 0.3) is 22.2 Å². The van der Waals surface area contributed by atoms with Crippen LogP contribution in [-0.2, 0) is 4.74 Å². The standard InChI is InChI=1S/C14H12N2O3/c1-2-19-14(17)13-7-10-9-5-3-4-6-11(9)15-12(10)8-16(13)18/h3-8,18H,2H2,1H3. The molecule has 0 radical (unpaired) electrons. The Labute approximate surface area is 109 Å². The van der Waals surface area contributed by atoms with Crippen molar-refractivity contribution in [1.82, 2.24) is 9.71 Å². The molecule has 0 amide bonds. The Kier molecular flexibility index (Phi) is 2.59. The number of hydrogen-bond acceptors (Lipinski definition) is 4. The van der Waals surface area contributed by atoms with Crippen molar-refractivity contribution in [2.75, 3.05) is 6.61 Å². The Morgan fingerprint density at radius 1 is 1.42 bits per heavy atom. The van der Waals surface area contributed by atoms with Crippen molar-refractivity contribution < 1.29 is 14.7 Å². The van der Waals surface area contributed by atoms with Crippen molar-refractivity contribution in [3.63, 3.8) is 0 Å². The third kappa shape index (κ3) is 1.79. The van der Waals surface area contributed by atoms with Crippen LogP contribution < -0.4 is 0 Å². The average molecular weight is 256 g/mol. The molecule has 0 atom stereocenters. The van der Waals surface area contributed by atoms with Crippen molar-refractivity contribution in [2.45, 2.75) is 6.92 Å². The van der Waals surface area contributed by atoms with E-state index in [4.69, 9.17) is 4.74 Å². The number of nitrogens with zero attached hydrogens (tertiary/aromatic N) is 2. The molecular weight excluding hydrogens is 244 g/mol. The summed E-state index contributed by atoms with van der Waals surface area (Å²) in [6, 6.07) is 9.23. The third-order valence-corrected chi connectivity index (χ3v) is 2.97. The van der Waals surface area contributed by atoms with E-state index in [0.717, 1.165) is 21.2 Å². The van der Waals surface area contributed by atoms with Crippen LogP contribution >= 0.6 is 0 Å². The largest absolute Gasteiger partial charge is 0.461 e. The van der Waals surface area contributed by atoms with E-state index in [1.54, 1.807) is 13.0 Å². The van der Waals surface area contributed by atoms with Crippen LogP contribution in [0.1, 0.15) is 17.4 Å². The van der Waals surface area contributed by atoms with E-state index < -0.39 is 5.97 Å². The highest BCUT2D eigenvalue weighted by Crippen LogP contribution is 2.31. The minimum Gasteiger partial charge on any atom is -0.461 e. The molecule has 1 N–H and O–H groups in total. The summed E-state index contributed by atoms with van der Waals surface area (Å²) in [4.78, 5) is 16.1. The van der Waals surface area contributed by atoms with Crippen molar-refractivity contribution in [3.8, 4) is 11.3 Å². The van der Waals surface area contributed by atoms with E-state index in [1.165, 1.54) is 6.20 Å². The monoisotopic (exact) mass is 256 g/mol. The molecule has 5 heteroatoms. The fourth-order valence-electron chi connectivity index (χ4n) is 2.12. The molecule has 0 fully saturated rings. The Hall–Kier alpha value is -2.56. The molecule has 2 aliphatic rings. The zero-order valence-electron chi connectivity index (χ0n) is 10.3. The maximum atomic E-state index is 11.7. The van der Waals surface area contributed by atoms with Gasteiger partial charge in [0.2, 0.25) is 0 Å². The number of benzene rings is 1. The highest BCUT2D eigenvalue weighted by Gasteiger charge is 2.19. The molecule has 0 saturated heterocycles. The van der Waals surface area contributed by atoms with E-state index in [0.29, 0.717) is 5.69 Å². The molecule has 0 aromatic heterocycles. The van der Waals surface area contributed by atoms with Gasteiger partial charge in [-0.05, 0) is 19.1 Å². The first-order chi connectivity index (χ1) is 9.20. The quantitative estimate of drug-likeness (QED) is 0.565. The minimum absolute atomic E-state index is 0.0903. The number of carbonyl (C=O) groups is 1. The minimum atomic E-state index is -0.558. The molecule has 0 unspecified atom stereocenters. The van der Waals surface area contributed by atoms with Gasteiger partial charge in [-0.1, -0.05) is 18.2 Å². The van der Waals surface area contributed by atoms with Gasteiger partial charge in [-0.2, -0.15) is 4.73 Å². The first-order valence-corrected chi connectivity index (χ1v) is 5.98. The van der Waals surface area contributed by atoms with Crippen molar-refractivity contribution >= 4 is 16.9 Å². The van der Waals surface area contributed by atoms with E-state index >= 15 is 0 Å². The van der Waals surface area contributed by atoms with Gasteiger partial charge in [0.15, 0.2) is 5.69 Å². The van der Waals surface area contributed by atoms with E-state index in [1.807, 2.05) is 24.3 Å². The first kappa shape index (κ1) is 11.5. The Morgan fingerprint density at radius 2 is 2.21 bits per heavy atom. The Balaban J connectivity index is 2.25. The highest BCUT2D eigenvalue weighted by molar-refractivity contribution is 5.99. The number of hydrogen-bond donors (Lipinski definition) is 1. The van der Waals surface area contributed by atoms with Gasteiger partial charge in [-0.25, -0.2) is 9.78 Å². The normalized spacial score (nSPS) is 11.0. The van der Waals surface area contributed by atoms with E-state index in [9.17, 15) is 10.0 Å². The number of fused-ring (bicyclic) bond motifs is 3. The number of para-hydroxylation sites is 1. The lowest BCUT2D eigenvalue weighted by Gasteiger charge is -2.09. The summed E-state index contributed by atoms with van der Waals surface area (Å²) in [5, 5.41) is 10.8. The SMILES string of the molecule is CCOC(=O)c1cc2c3ccccc3nc-2cn1O. The molecule has 1 aromatic rings. The molecule has 0 aliphatic carbocycles. The molecule has 2 aliphatic heterocycles. The lowest BCUT2D eigenvalue weighted by molar-refractivity contribution is 0.0472. The summed E-state index contributed by atoms with van der Waals surface area (Å²) < 4.78 is 5.66. The fourth-order valence-corrected chi connectivity index (χ4v) is 2.12. The molecule has 0 saturated carbocycles. The lowest BCUT2D eigenvalue weighted by atomic mass is 10.1. The molecular formula is C14H12N2O3. The van der Waals surface area contributed by atoms with Gasteiger partial charge in [-0.15, -0.1) is 0 Å². The maximum absolute atomic E-state index is 11.7. The van der Waals surface area contributed by atoms with Gasteiger partial charge in [-0.3, -0.25) is 0 Å². The molecule has 96 valence electrons. The maximum Gasteiger partial charge on any atom is 0.358 e. The Morgan fingerprint density at radius 3 is 3.00 bits per heavy atom. The lowest BCUT2D eigenvalue weighted by Crippen LogP contribution is -2.13. The van der Waals surface area contributed by atoms with Gasteiger partial charge in [0.25, 0.3) is 0 Å². The fraction of sp³-hybridized carbons (Fsp3) is 0.143. The van der Waals surface area contributed by atoms with Crippen LogP contribution in [-0.4, -0.2) is 27.5 Å². The van der Waals surface area contributed by atoms with Crippen molar-refractivity contribution in [1.29, 1.82) is 0 Å². The summed E-state index contributed by atoms with van der Waals surface area (Å²) in [5.74, 6) is -0.558.